The molecule has 0 saturated carbocycles. The number of fused-ring (bicyclic) bond motifs is 2. The summed E-state index contributed by atoms with van der Waals surface area (Å²) in [5, 5.41) is 0. The molecule has 4 rings (SSSR count). The van der Waals surface area contributed by atoms with E-state index in [1.54, 1.807) is 11.3 Å². The van der Waals surface area contributed by atoms with Crippen LogP contribution in [0, 0.1) is 13.8 Å². The molecule has 0 aliphatic carbocycles. The summed E-state index contributed by atoms with van der Waals surface area (Å²) in [6, 6.07) is 9.42. The molecule has 0 bridgehead atoms. The molecule has 0 radical (unpaired) electrons. The fraction of sp³-hybridized carbons (Fsp3) is 0.400. The highest BCUT2D eigenvalue weighted by Crippen LogP contribution is 2.28. The highest BCUT2D eigenvalue weighted by atomic mass is 32.1. The van der Waals surface area contributed by atoms with E-state index in [2.05, 4.69) is 59.9 Å². The Morgan fingerprint density at radius 1 is 1.12 bits per heavy atom. The third kappa shape index (κ3) is 2.85. The molecule has 0 amide bonds. The number of hydrogen-bond acceptors (Lipinski definition) is 4. The lowest BCUT2D eigenvalue weighted by Crippen LogP contribution is -2.29. The van der Waals surface area contributed by atoms with Gasteiger partial charge in [0.1, 0.15) is 0 Å². The first-order valence-electron chi connectivity index (χ1n) is 8.65. The molecule has 0 saturated heterocycles. The molecule has 0 N–H and O–H groups in total. The summed E-state index contributed by atoms with van der Waals surface area (Å²) in [4.78, 5) is 11.7. The fourth-order valence-corrected chi connectivity index (χ4v) is 4.52. The Labute approximate surface area is 147 Å². The summed E-state index contributed by atoms with van der Waals surface area (Å²) in [6.45, 7) is 8.77. The number of aryl methyl sites for hydroxylation is 2. The number of benzene rings is 1. The van der Waals surface area contributed by atoms with Crippen molar-refractivity contribution < 1.29 is 0 Å². The van der Waals surface area contributed by atoms with Gasteiger partial charge in [0.05, 0.1) is 15.7 Å². The minimum Gasteiger partial charge on any atom is -0.296 e. The average molecular weight is 337 g/mol. The maximum atomic E-state index is 4.66. The van der Waals surface area contributed by atoms with Crippen LogP contribution in [0.15, 0.2) is 29.8 Å². The van der Waals surface area contributed by atoms with Gasteiger partial charge in [-0.2, -0.15) is 0 Å². The molecule has 3 nitrogen and oxygen atoms in total. The normalized spacial score (nSPS) is 16.8. The van der Waals surface area contributed by atoms with Crippen LogP contribution >= 0.6 is 11.3 Å². The van der Waals surface area contributed by atoms with Gasteiger partial charge in [0.2, 0.25) is 0 Å². The monoisotopic (exact) mass is 337 g/mol. The number of thiazole rings is 1. The molecule has 0 fully saturated rings. The van der Waals surface area contributed by atoms with Gasteiger partial charge in [-0.05, 0) is 68.5 Å². The van der Waals surface area contributed by atoms with Gasteiger partial charge in [-0.3, -0.25) is 9.88 Å². The molecule has 1 atom stereocenters. The Balaban J connectivity index is 1.58. The molecule has 1 aliphatic heterocycles. The molecule has 0 spiro atoms. The number of rotatable bonds is 2. The van der Waals surface area contributed by atoms with Gasteiger partial charge >= 0.3 is 0 Å². The zero-order valence-corrected chi connectivity index (χ0v) is 15.4. The first-order chi connectivity index (χ1) is 11.6. The Morgan fingerprint density at radius 2 is 1.96 bits per heavy atom. The van der Waals surface area contributed by atoms with E-state index in [0.717, 1.165) is 37.1 Å². The Bertz CT molecular complexity index is 884. The van der Waals surface area contributed by atoms with Crippen molar-refractivity contribution in [1.82, 2.24) is 14.9 Å². The summed E-state index contributed by atoms with van der Waals surface area (Å²) in [5.74, 6) is 0. The van der Waals surface area contributed by atoms with Crippen LogP contribution in [0.1, 0.15) is 41.0 Å². The van der Waals surface area contributed by atoms with Crippen molar-refractivity contribution >= 4 is 21.6 Å². The molecule has 1 aliphatic rings. The molecule has 24 heavy (non-hydrogen) atoms. The summed E-state index contributed by atoms with van der Waals surface area (Å²) >= 11 is 1.71. The highest BCUT2D eigenvalue weighted by Gasteiger charge is 2.21. The van der Waals surface area contributed by atoms with Crippen molar-refractivity contribution in [3.63, 3.8) is 0 Å². The fourth-order valence-electron chi connectivity index (χ4n) is 3.86. The molecule has 3 aromatic rings. The molecule has 3 heterocycles. The molecule has 124 valence electrons. The number of pyridine rings is 1. The van der Waals surface area contributed by atoms with Crippen LogP contribution in [0.5, 0.6) is 0 Å². The van der Waals surface area contributed by atoms with Crippen molar-refractivity contribution in [2.24, 2.45) is 0 Å². The van der Waals surface area contributed by atoms with E-state index >= 15 is 0 Å². The van der Waals surface area contributed by atoms with E-state index in [1.807, 2.05) is 5.51 Å². The average Bonchev–Trinajstić information content (AvgIpc) is 2.93. The third-order valence-electron chi connectivity index (χ3n) is 5.25. The second kappa shape index (κ2) is 6.26. The second-order valence-electron chi connectivity index (χ2n) is 6.78. The first kappa shape index (κ1) is 15.7. The predicted molar refractivity (Wildman–Crippen MR) is 101 cm³/mol. The summed E-state index contributed by atoms with van der Waals surface area (Å²) in [7, 11) is 0. The topological polar surface area (TPSA) is 29.0 Å². The van der Waals surface area contributed by atoms with Crippen LogP contribution < -0.4 is 0 Å². The van der Waals surface area contributed by atoms with Crippen LogP contribution in [0.3, 0.4) is 0 Å². The van der Waals surface area contributed by atoms with Crippen molar-refractivity contribution in [1.29, 1.82) is 0 Å². The molecule has 4 heteroatoms. The van der Waals surface area contributed by atoms with Gasteiger partial charge in [0.15, 0.2) is 0 Å². The van der Waals surface area contributed by atoms with E-state index in [1.165, 1.54) is 27.1 Å². The highest BCUT2D eigenvalue weighted by molar-refractivity contribution is 7.16. The van der Waals surface area contributed by atoms with Gasteiger partial charge in [0.25, 0.3) is 0 Å². The van der Waals surface area contributed by atoms with E-state index in [4.69, 9.17) is 0 Å². The lowest BCUT2D eigenvalue weighted by molar-refractivity contribution is 0.221. The summed E-state index contributed by atoms with van der Waals surface area (Å²) < 4.78 is 1.27. The van der Waals surface area contributed by atoms with E-state index in [0.29, 0.717) is 6.04 Å². The molecule has 1 aromatic carbocycles. The van der Waals surface area contributed by atoms with Crippen LogP contribution in [-0.4, -0.2) is 28.0 Å². The van der Waals surface area contributed by atoms with Gasteiger partial charge < -0.3 is 0 Å². The van der Waals surface area contributed by atoms with Crippen molar-refractivity contribution in [2.75, 3.05) is 13.1 Å². The number of aromatic nitrogens is 2. The SMILES string of the molecule is Cc1cc2c(c(C)n1)CCN([C@@H](C)c1ccc3scnc3c1)CC2. The Kier molecular flexibility index (Phi) is 4.10. The quantitative estimate of drug-likeness (QED) is 0.691. The molecular formula is C20H23N3S. The van der Waals surface area contributed by atoms with E-state index in [-0.39, 0.29) is 0 Å². The maximum absolute atomic E-state index is 4.66. The van der Waals surface area contributed by atoms with E-state index < -0.39 is 0 Å². The Morgan fingerprint density at radius 3 is 2.83 bits per heavy atom. The van der Waals surface area contributed by atoms with Crippen LogP contribution in [0.4, 0.5) is 0 Å². The van der Waals surface area contributed by atoms with Crippen LogP contribution in [-0.2, 0) is 12.8 Å². The molecule has 2 aromatic heterocycles. The lowest BCUT2D eigenvalue weighted by Gasteiger charge is -2.28. The minimum atomic E-state index is 0.416. The van der Waals surface area contributed by atoms with Crippen molar-refractivity contribution in [2.45, 2.75) is 39.7 Å². The third-order valence-corrected chi connectivity index (χ3v) is 6.06. The molecule has 0 unspecified atom stereocenters. The van der Waals surface area contributed by atoms with Crippen molar-refractivity contribution in [3.8, 4) is 0 Å². The smallest absolute Gasteiger partial charge is 0.0815 e. The largest absolute Gasteiger partial charge is 0.296 e. The zero-order chi connectivity index (χ0) is 16.7. The van der Waals surface area contributed by atoms with Crippen molar-refractivity contribution in [3.05, 3.63) is 57.9 Å². The summed E-state index contributed by atoms with van der Waals surface area (Å²) in [5.41, 5.74) is 9.73. The Hall–Kier alpha value is -1.78. The van der Waals surface area contributed by atoms with Gasteiger partial charge in [-0.1, -0.05) is 6.07 Å². The predicted octanol–water partition coefficient (Wildman–Crippen LogP) is 4.47. The number of nitrogens with zero attached hydrogens (tertiary/aromatic N) is 3. The van der Waals surface area contributed by atoms with E-state index in [9.17, 15) is 0 Å². The maximum Gasteiger partial charge on any atom is 0.0815 e. The van der Waals surface area contributed by atoms with Gasteiger partial charge in [-0.15, -0.1) is 11.3 Å². The number of hydrogen-bond donors (Lipinski definition) is 0. The first-order valence-corrected chi connectivity index (χ1v) is 9.53. The zero-order valence-electron chi connectivity index (χ0n) is 14.5. The molecular weight excluding hydrogens is 314 g/mol. The van der Waals surface area contributed by atoms with Gasteiger partial charge in [0, 0.05) is 30.5 Å². The van der Waals surface area contributed by atoms with Gasteiger partial charge in [-0.25, -0.2) is 4.98 Å². The minimum absolute atomic E-state index is 0.416. The lowest BCUT2D eigenvalue weighted by atomic mass is 10.0. The summed E-state index contributed by atoms with van der Waals surface area (Å²) in [6.07, 6.45) is 2.21. The van der Waals surface area contributed by atoms with Crippen LogP contribution in [0.2, 0.25) is 0 Å². The van der Waals surface area contributed by atoms with Crippen LogP contribution in [0.25, 0.3) is 10.2 Å². The standard InChI is InChI=1S/C20H23N3S/c1-13-10-17-6-8-23(9-7-18(17)14(2)22-13)15(3)16-4-5-20-19(11-16)21-12-24-20/h4-5,10-12,15H,6-9H2,1-3H3/t15-/m0/s1. The second-order valence-corrected chi connectivity index (χ2v) is 7.66.